The van der Waals surface area contributed by atoms with E-state index in [9.17, 15) is 14.4 Å². The van der Waals surface area contributed by atoms with Crippen molar-refractivity contribution in [1.82, 2.24) is 9.88 Å². The summed E-state index contributed by atoms with van der Waals surface area (Å²) in [5.74, 6) is -0.600. The zero-order valence-electron chi connectivity index (χ0n) is 16.3. The average molecular weight is 424 g/mol. The van der Waals surface area contributed by atoms with E-state index in [1.807, 2.05) is 30.3 Å². The Hall–Kier alpha value is -3.38. The van der Waals surface area contributed by atoms with Crippen LogP contribution in [0.4, 0.5) is 5.69 Å². The summed E-state index contributed by atoms with van der Waals surface area (Å²) in [5, 5.41) is 6.07. The average Bonchev–Trinajstić information content (AvgIpc) is 2.75. The molecular formula is C23H22ClN3O3. The lowest BCUT2D eigenvalue weighted by molar-refractivity contribution is -0.116. The van der Waals surface area contributed by atoms with Crippen LogP contribution in [-0.2, 0) is 11.3 Å². The van der Waals surface area contributed by atoms with Crippen molar-refractivity contribution in [1.29, 1.82) is 0 Å². The first kappa shape index (κ1) is 21.3. The third-order valence-electron chi connectivity index (χ3n) is 4.45. The van der Waals surface area contributed by atoms with Gasteiger partial charge in [0.15, 0.2) is 0 Å². The number of pyridine rings is 1. The third kappa shape index (κ3) is 6.06. The van der Waals surface area contributed by atoms with Crippen LogP contribution >= 0.6 is 11.6 Å². The van der Waals surface area contributed by atoms with Crippen molar-refractivity contribution >= 4 is 29.1 Å². The SMILES string of the molecule is O=C(CCCNC(=O)c1cccn(Cc2ccccc2)c1=O)Nc1ccc(Cl)cc1. The van der Waals surface area contributed by atoms with Gasteiger partial charge in [-0.2, -0.15) is 0 Å². The van der Waals surface area contributed by atoms with Gasteiger partial charge < -0.3 is 15.2 Å². The summed E-state index contributed by atoms with van der Waals surface area (Å²) in [6.45, 7) is 0.686. The van der Waals surface area contributed by atoms with Gasteiger partial charge in [0.1, 0.15) is 5.56 Å². The fraction of sp³-hybridized carbons (Fsp3) is 0.174. The van der Waals surface area contributed by atoms with E-state index < -0.39 is 5.91 Å². The molecule has 30 heavy (non-hydrogen) atoms. The fourth-order valence-corrected chi connectivity index (χ4v) is 3.04. The zero-order chi connectivity index (χ0) is 21.3. The van der Waals surface area contributed by atoms with E-state index in [-0.39, 0.29) is 23.5 Å². The van der Waals surface area contributed by atoms with Crippen LogP contribution in [0.2, 0.25) is 5.02 Å². The van der Waals surface area contributed by atoms with Gasteiger partial charge in [-0.25, -0.2) is 0 Å². The van der Waals surface area contributed by atoms with Gasteiger partial charge >= 0.3 is 0 Å². The number of halogens is 1. The van der Waals surface area contributed by atoms with Gasteiger partial charge in [0, 0.05) is 29.9 Å². The van der Waals surface area contributed by atoms with E-state index in [1.54, 1.807) is 36.5 Å². The lowest BCUT2D eigenvalue weighted by Gasteiger charge is -2.09. The molecule has 3 rings (SSSR count). The molecule has 2 aromatic carbocycles. The molecule has 3 aromatic rings. The molecule has 0 saturated carbocycles. The molecule has 0 aliphatic rings. The maximum atomic E-state index is 12.6. The van der Waals surface area contributed by atoms with Crippen molar-refractivity contribution < 1.29 is 9.59 Å². The van der Waals surface area contributed by atoms with Crippen molar-refractivity contribution in [3.8, 4) is 0 Å². The molecule has 1 aromatic heterocycles. The first-order chi connectivity index (χ1) is 14.5. The summed E-state index contributed by atoms with van der Waals surface area (Å²) < 4.78 is 1.50. The van der Waals surface area contributed by atoms with Crippen LogP contribution in [-0.4, -0.2) is 22.9 Å². The number of rotatable bonds is 8. The van der Waals surface area contributed by atoms with Crippen molar-refractivity contribution in [2.75, 3.05) is 11.9 Å². The number of aromatic nitrogens is 1. The number of carbonyl (C=O) groups excluding carboxylic acids is 2. The Morgan fingerprint density at radius 2 is 1.67 bits per heavy atom. The van der Waals surface area contributed by atoms with Gasteiger partial charge in [0.05, 0.1) is 6.54 Å². The largest absolute Gasteiger partial charge is 0.352 e. The molecule has 7 heteroatoms. The summed E-state index contributed by atoms with van der Waals surface area (Å²) in [5.41, 5.74) is 1.37. The zero-order valence-corrected chi connectivity index (χ0v) is 17.1. The number of nitrogens with one attached hydrogen (secondary N) is 2. The Bertz CT molecular complexity index is 1060. The van der Waals surface area contributed by atoms with Gasteiger partial charge in [-0.15, -0.1) is 0 Å². The summed E-state index contributed by atoms with van der Waals surface area (Å²) in [4.78, 5) is 37.0. The standard InChI is InChI=1S/C23H22ClN3O3/c24-18-10-12-19(13-11-18)26-21(28)9-4-14-25-22(29)20-8-5-15-27(23(20)30)16-17-6-2-1-3-7-17/h1-3,5-8,10-13,15H,4,9,14,16H2,(H,25,29)(H,26,28). The van der Waals surface area contributed by atoms with E-state index in [2.05, 4.69) is 10.6 Å². The molecule has 0 atom stereocenters. The highest BCUT2D eigenvalue weighted by atomic mass is 35.5. The Morgan fingerprint density at radius 1 is 0.933 bits per heavy atom. The highest BCUT2D eigenvalue weighted by Gasteiger charge is 2.12. The first-order valence-corrected chi connectivity index (χ1v) is 9.98. The van der Waals surface area contributed by atoms with Crippen molar-refractivity contribution in [3.05, 3.63) is 99.4 Å². The van der Waals surface area contributed by atoms with E-state index in [4.69, 9.17) is 11.6 Å². The fourth-order valence-electron chi connectivity index (χ4n) is 2.92. The second kappa shape index (κ2) is 10.4. The van der Waals surface area contributed by atoms with Crippen LogP contribution in [0, 0.1) is 0 Å². The molecule has 0 aliphatic carbocycles. The monoisotopic (exact) mass is 423 g/mol. The van der Waals surface area contributed by atoms with Crippen LogP contribution in [0.15, 0.2) is 77.7 Å². The molecule has 0 aliphatic heterocycles. The Balaban J connectivity index is 1.49. The third-order valence-corrected chi connectivity index (χ3v) is 4.71. The second-order valence-electron chi connectivity index (χ2n) is 6.76. The summed E-state index contributed by atoms with van der Waals surface area (Å²) >= 11 is 5.82. The van der Waals surface area contributed by atoms with Crippen LogP contribution in [0.5, 0.6) is 0 Å². The molecule has 0 unspecified atom stereocenters. The van der Waals surface area contributed by atoms with E-state index in [0.29, 0.717) is 30.2 Å². The molecule has 0 saturated heterocycles. The molecule has 0 fully saturated rings. The number of nitrogens with zero attached hydrogens (tertiary/aromatic N) is 1. The number of hydrogen-bond acceptors (Lipinski definition) is 3. The normalized spacial score (nSPS) is 10.4. The molecule has 0 spiro atoms. The smallest absolute Gasteiger partial charge is 0.263 e. The molecule has 1 heterocycles. The first-order valence-electron chi connectivity index (χ1n) is 9.60. The molecule has 0 bridgehead atoms. The van der Waals surface area contributed by atoms with Gasteiger partial charge in [0.2, 0.25) is 5.91 Å². The number of anilines is 1. The number of carbonyl (C=O) groups is 2. The maximum Gasteiger partial charge on any atom is 0.263 e. The molecule has 6 nitrogen and oxygen atoms in total. The summed E-state index contributed by atoms with van der Waals surface area (Å²) in [7, 11) is 0. The molecule has 0 radical (unpaired) electrons. The Kier molecular flexibility index (Phi) is 7.40. The highest BCUT2D eigenvalue weighted by molar-refractivity contribution is 6.30. The van der Waals surface area contributed by atoms with Gasteiger partial charge in [0.25, 0.3) is 11.5 Å². The minimum Gasteiger partial charge on any atom is -0.352 e. The van der Waals surface area contributed by atoms with E-state index in [0.717, 1.165) is 5.56 Å². The van der Waals surface area contributed by atoms with Crippen LogP contribution in [0.3, 0.4) is 0 Å². The molecule has 2 N–H and O–H groups in total. The van der Waals surface area contributed by atoms with Crippen LogP contribution < -0.4 is 16.2 Å². The van der Waals surface area contributed by atoms with Crippen molar-refractivity contribution in [3.63, 3.8) is 0 Å². The predicted molar refractivity (Wildman–Crippen MR) is 118 cm³/mol. The quantitative estimate of drug-likeness (QED) is 0.542. The van der Waals surface area contributed by atoms with Crippen molar-refractivity contribution in [2.45, 2.75) is 19.4 Å². The van der Waals surface area contributed by atoms with Gasteiger partial charge in [-0.1, -0.05) is 41.9 Å². The topological polar surface area (TPSA) is 80.2 Å². The maximum absolute atomic E-state index is 12.6. The van der Waals surface area contributed by atoms with E-state index in [1.165, 1.54) is 10.6 Å². The van der Waals surface area contributed by atoms with Gasteiger partial charge in [-0.3, -0.25) is 14.4 Å². The van der Waals surface area contributed by atoms with Crippen molar-refractivity contribution in [2.24, 2.45) is 0 Å². The molecule has 154 valence electrons. The second-order valence-corrected chi connectivity index (χ2v) is 7.19. The van der Waals surface area contributed by atoms with Crippen LogP contribution in [0.1, 0.15) is 28.8 Å². The molecule has 2 amide bonds. The number of amides is 2. The lowest BCUT2D eigenvalue weighted by atomic mass is 10.2. The Labute approximate surface area is 179 Å². The van der Waals surface area contributed by atoms with Gasteiger partial charge in [-0.05, 0) is 48.4 Å². The number of benzene rings is 2. The molecular weight excluding hydrogens is 402 g/mol. The van der Waals surface area contributed by atoms with Crippen LogP contribution in [0.25, 0.3) is 0 Å². The predicted octanol–water partition coefficient (Wildman–Crippen LogP) is 3.70. The summed E-state index contributed by atoms with van der Waals surface area (Å²) in [6.07, 6.45) is 2.36. The minimum atomic E-state index is -0.444. The summed E-state index contributed by atoms with van der Waals surface area (Å²) in [6, 6.07) is 19.6. The number of hydrogen-bond donors (Lipinski definition) is 2. The Morgan fingerprint density at radius 3 is 2.40 bits per heavy atom. The lowest BCUT2D eigenvalue weighted by Crippen LogP contribution is -2.33. The highest BCUT2D eigenvalue weighted by Crippen LogP contribution is 2.13. The minimum absolute atomic E-state index is 0.0825. The van der Waals surface area contributed by atoms with E-state index >= 15 is 0 Å².